The van der Waals surface area contributed by atoms with E-state index in [1.54, 1.807) is 0 Å². The van der Waals surface area contributed by atoms with Crippen molar-refractivity contribution in [3.8, 4) is 0 Å². The molecule has 1 rings (SSSR count). The molecule has 0 bridgehead atoms. The van der Waals surface area contributed by atoms with E-state index in [-0.39, 0.29) is 12.3 Å². The number of hydrogen-bond donors (Lipinski definition) is 1. The number of carbonyl (C=O) groups excluding carboxylic acids is 1. The lowest BCUT2D eigenvalue weighted by molar-refractivity contribution is 0.0606. The Morgan fingerprint density at radius 1 is 1.56 bits per heavy atom. The number of sulfonamides is 1. The van der Waals surface area contributed by atoms with Crippen molar-refractivity contribution >= 4 is 32.5 Å². The highest BCUT2D eigenvalue weighted by atomic mass is 32.2. The van der Waals surface area contributed by atoms with Gasteiger partial charge in [-0.2, -0.15) is 0 Å². The van der Waals surface area contributed by atoms with Crippen LogP contribution < -0.4 is 5.32 Å². The van der Waals surface area contributed by atoms with Crippen LogP contribution in [0.3, 0.4) is 0 Å². The molecule has 0 atom stereocenters. The summed E-state index contributed by atoms with van der Waals surface area (Å²) >= 11 is 1.12. The number of anilines is 1. The third-order valence-corrected chi connectivity index (χ3v) is 4.85. The van der Waals surface area contributed by atoms with Crippen LogP contribution in [0.1, 0.15) is 9.67 Å². The van der Waals surface area contributed by atoms with Gasteiger partial charge in [0.05, 0.1) is 19.1 Å². The molecule has 0 aromatic carbocycles. The number of esters is 1. The van der Waals surface area contributed by atoms with Gasteiger partial charge < -0.3 is 10.1 Å². The molecule has 0 radical (unpaired) electrons. The Hall–Kier alpha value is -1.19. The van der Waals surface area contributed by atoms with E-state index in [0.717, 1.165) is 15.6 Å². The average molecular weight is 293 g/mol. The normalized spacial score (nSPS) is 11.6. The molecule has 1 aromatic rings. The van der Waals surface area contributed by atoms with Gasteiger partial charge in [0.2, 0.25) is 10.0 Å². The summed E-state index contributed by atoms with van der Waals surface area (Å²) < 4.78 is 28.7. The van der Waals surface area contributed by atoms with Crippen LogP contribution in [0.5, 0.6) is 0 Å². The second kappa shape index (κ2) is 6.12. The molecule has 18 heavy (non-hydrogen) atoms. The van der Waals surface area contributed by atoms with E-state index in [4.69, 9.17) is 0 Å². The van der Waals surface area contributed by atoms with Gasteiger partial charge in [0.15, 0.2) is 5.13 Å². The minimum absolute atomic E-state index is 0.0346. The lowest BCUT2D eigenvalue weighted by atomic mass is 10.6. The fourth-order valence-corrected chi connectivity index (χ4v) is 2.51. The molecule has 0 unspecified atom stereocenters. The Balaban J connectivity index is 2.50. The molecule has 1 heterocycles. The van der Waals surface area contributed by atoms with Crippen molar-refractivity contribution < 1.29 is 17.9 Å². The zero-order chi connectivity index (χ0) is 13.8. The molecule has 0 aliphatic heterocycles. The van der Waals surface area contributed by atoms with Crippen LogP contribution in [-0.2, 0) is 14.8 Å². The number of nitrogens with zero attached hydrogens (tertiary/aromatic N) is 2. The van der Waals surface area contributed by atoms with Gasteiger partial charge in [-0.05, 0) is 0 Å². The molecule has 0 spiro atoms. The first-order valence-corrected chi connectivity index (χ1v) is 7.47. The van der Waals surface area contributed by atoms with E-state index in [1.807, 2.05) is 0 Å². The van der Waals surface area contributed by atoms with Crippen LogP contribution in [0.25, 0.3) is 0 Å². The second-order valence-corrected chi connectivity index (χ2v) is 6.88. The van der Waals surface area contributed by atoms with Crippen LogP contribution in [0, 0.1) is 0 Å². The summed E-state index contributed by atoms with van der Waals surface area (Å²) in [5.74, 6) is -0.492. The summed E-state index contributed by atoms with van der Waals surface area (Å²) in [7, 11) is 1.02. The average Bonchev–Trinajstić information content (AvgIpc) is 2.76. The smallest absolute Gasteiger partial charge is 0.349 e. The summed E-state index contributed by atoms with van der Waals surface area (Å²) in [4.78, 5) is 15.5. The third kappa shape index (κ3) is 3.93. The molecule has 0 amide bonds. The van der Waals surface area contributed by atoms with Crippen LogP contribution in [0.4, 0.5) is 5.13 Å². The number of ether oxygens (including phenoxy) is 1. The standard InChI is InChI=1S/C9H15N3O4S2/c1-12(2)18(14,15)5-4-10-9-11-6-7(17-9)8(13)16-3/h6H,4-5H2,1-3H3,(H,10,11). The zero-order valence-electron chi connectivity index (χ0n) is 10.3. The van der Waals surface area contributed by atoms with Gasteiger partial charge in [0.25, 0.3) is 0 Å². The molecule has 1 aromatic heterocycles. The molecular formula is C9H15N3O4S2. The Morgan fingerprint density at radius 2 is 2.22 bits per heavy atom. The Morgan fingerprint density at radius 3 is 2.78 bits per heavy atom. The third-order valence-electron chi connectivity index (χ3n) is 2.08. The summed E-state index contributed by atoms with van der Waals surface area (Å²) in [5.41, 5.74) is 0. The van der Waals surface area contributed by atoms with Gasteiger partial charge in [0, 0.05) is 20.6 Å². The zero-order valence-corrected chi connectivity index (χ0v) is 12.0. The molecule has 0 fully saturated rings. The van der Waals surface area contributed by atoms with Crippen LogP contribution >= 0.6 is 11.3 Å². The highest BCUT2D eigenvalue weighted by Gasteiger charge is 2.14. The summed E-state index contributed by atoms with van der Waals surface area (Å²) in [6.45, 7) is 0.231. The number of nitrogens with one attached hydrogen (secondary N) is 1. The molecule has 1 N–H and O–H groups in total. The monoisotopic (exact) mass is 293 g/mol. The summed E-state index contributed by atoms with van der Waals surface area (Å²) in [5, 5.41) is 3.34. The van der Waals surface area contributed by atoms with Gasteiger partial charge in [-0.15, -0.1) is 0 Å². The topological polar surface area (TPSA) is 88.6 Å². The Kier molecular flexibility index (Phi) is 5.05. The van der Waals surface area contributed by atoms with Crippen molar-refractivity contribution in [3.05, 3.63) is 11.1 Å². The van der Waals surface area contributed by atoms with Crippen LogP contribution in [0.2, 0.25) is 0 Å². The van der Waals surface area contributed by atoms with Crippen molar-refractivity contribution in [1.82, 2.24) is 9.29 Å². The van der Waals surface area contributed by atoms with Crippen LogP contribution in [0.15, 0.2) is 6.20 Å². The van der Waals surface area contributed by atoms with Crippen molar-refractivity contribution in [2.45, 2.75) is 0 Å². The Bertz CT molecular complexity index is 510. The van der Waals surface area contributed by atoms with E-state index in [9.17, 15) is 13.2 Å². The first kappa shape index (κ1) is 14.9. The second-order valence-electron chi connectivity index (χ2n) is 3.55. The summed E-state index contributed by atoms with van der Waals surface area (Å²) in [6.07, 6.45) is 1.39. The van der Waals surface area contributed by atoms with Crippen molar-refractivity contribution in [3.63, 3.8) is 0 Å². The molecule has 0 aliphatic carbocycles. The number of aromatic nitrogens is 1. The van der Waals surface area contributed by atoms with Gasteiger partial charge in [-0.3, -0.25) is 0 Å². The van der Waals surface area contributed by atoms with E-state index in [2.05, 4.69) is 15.0 Å². The van der Waals surface area contributed by atoms with E-state index >= 15 is 0 Å². The molecule has 102 valence electrons. The molecule has 9 heteroatoms. The maximum Gasteiger partial charge on any atom is 0.349 e. The fraction of sp³-hybridized carbons (Fsp3) is 0.556. The van der Waals surface area contributed by atoms with Gasteiger partial charge in [-0.1, -0.05) is 11.3 Å². The highest BCUT2D eigenvalue weighted by Crippen LogP contribution is 2.18. The van der Waals surface area contributed by atoms with Gasteiger partial charge >= 0.3 is 5.97 Å². The van der Waals surface area contributed by atoms with E-state index < -0.39 is 16.0 Å². The highest BCUT2D eigenvalue weighted by molar-refractivity contribution is 7.89. The van der Waals surface area contributed by atoms with Crippen molar-refractivity contribution in [2.75, 3.05) is 38.8 Å². The quantitative estimate of drug-likeness (QED) is 0.756. The van der Waals surface area contributed by atoms with Gasteiger partial charge in [-0.25, -0.2) is 22.5 Å². The number of carbonyl (C=O) groups is 1. The predicted molar refractivity (Wildman–Crippen MR) is 69.4 cm³/mol. The number of rotatable bonds is 6. The molecule has 0 saturated carbocycles. The molecule has 7 nitrogen and oxygen atoms in total. The fourth-order valence-electron chi connectivity index (χ4n) is 1.02. The minimum Gasteiger partial charge on any atom is -0.465 e. The van der Waals surface area contributed by atoms with Crippen molar-refractivity contribution in [2.24, 2.45) is 0 Å². The maximum absolute atomic E-state index is 11.5. The van der Waals surface area contributed by atoms with Crippen LogP contribution in [-0.4, -0.2) is 57.2 Å². The number of methoxy groups -OCH3 is 1. The number of hydrogen-bond acceptors (Lipinski definition) is 7. The van der Waals surface area contributed by atoms with Gasteiger partial charge in [0.1, 0.15) is 4.88 Å². The van der Waals surface area contributed by atoms with Crippen molar-refractivity contribution in [1.29, 1.82) is 0 Å². The van der Waals surface area contributed by atoms with E-state index in [1.165, 1.54) is 27.4 Å². The SMILES string of the molecule is COC(=O)c1cnc(NCCS(=O)(=O)N(C)C)s1. The maximum atomic E-state index is 11.5. The minimum atomic E-state index is -3.23. The summed E-state index contributed by atoms with van der Waals surface area (Å²) in [6, 6.07) is 0. The number of thiazole rings is 1. The van der Waals surface area contributed by atoms with E-state index in [0.29, 0.717) is 10.0 Å². The lowest BCUT2D eigenvalue weighted by Gasteiger charge is -2.10. The Labute approximate surface area is 110 Å². The first-order valence-electron chi connectivity index (χ1n) is 5.05. The largest absolute Gasteiger partial charge is 0.465 e. The predicted octanol–water partition coefficient (Wildman–Crippen LogP) is 0.233. The lowest BCUT2D eigenvalue weighted by Crippen LogP contribution is -2.28. The molecule has 0 saturated heterocycles. The molecular weight excluding hydrogens is 278 g/mol. The molecule has 0 aliphatic rings. The first-order chi connectivity index (χ1) is 8.36.